The Morgan fingerprint density at radius 1 is 0.964 bits per heavy atom. The fourth-order valence-electron chi connectivity index (χ4n) is 4.00. The lowest BCUT2D eigenvalue weighted by Crippen LogP contribution is -2.34. The molecule has 0 amide bonds. The molecule has 2 aliphatic rings. The smallest absolute Gasteiger partial charge is 0.0556 e. The van der Waals surface area contributed by atoms with Gasteiger partial charge in [0.05, 0.1) is 6.04 Å². The molecule has 1 heteroatoms. The largest absolute Gasteiger partial charge is 0.338 e. The molecule has 1 atom stereocenters. The Hall–Kier alpha value is -3.06. The van der Waals surface area contributed by atoms with Crippen LogP contribution in [0.3, 0.4) is 0 Å². The van der Waals surface area contributed by atoms with E-state index in [1.807, 2.05) is 6.08 Å². The van der Waals surface area contributed by atoms with E-state index in [9.17, 15) is 0 Å². The average Bonchev–Trinajstić information content (AvgIpc) is 2.75. The molecule has 0 radical (unpaired) electrons. The van der Waals surface area contributed by atoms with E-state index >= 15 is 0 Å². The number of allylic oxidation sites excluding steroid dienone is 7. The van der Waals surface area contributed by atoms with E-state index < -0.39 is 0 Å². The molecule has 140 valence electrons. The van der Waals surface area contributed by atoms with Crippen LogP contribution < -0.4 is 4.90 Å². The quantitative estimate of drug-likeness (QED) is 0.544. The maximum atomic E-state index is 3.92. The summed E-state index contributed by atoms with van der Waals surface area (Å²) >= 11 is 0. The van der Waals surface area contributed by atoms with Crippen LogP contribution in [0.5, 0.6) is 0 Å². The predicted octanol–water partition coefficient (Wildman–Crippen LogP) is 7.14. The van der Waals surface area contributed by atoms with Gasteiger partial charge in [-0.3, -0.25) is 0 Å². The summed E-state index contributed by atoms with van der Waals surface area (Å²) in [4.78, 5) is 2.51. The molecule has 0 bridgehead atoms. The Balaban J connectivity index is 1.75. The summed E-state index contributed by atoms with van der Waals surface area (Å²) in [6.45, 7) is 6.07. The first-order chi connectivity index (χ1) is 13.7. The van der Waals surface area contributed by atoms with Crippen molar-refractivity contribution in [3.63, 3.8) is 0 Å². The second kappa shape index (κ2) is 8.31. The highest BCUT2D eigenvalue weighted by molar-refractivity contribution is 5.70. The summed E-state index contributed by atoms with van der Waals surface area (Å²) in [5.41, 5.74) is 7.77. The van der Waals surface area contributed by atoms with Gasteiger partial charge in [0, 0.05) is 11.4 Å². The van der Waals surface area contributed by atoms with Gasteiger partial charge in [-0.05, 0) is 61.1 Å². The van der Waals surface area contributed by atoms with Crippen LogP contribution in [0, 0.1) is 6.92 Å². The zero-order valence-electron chi connectivity index (χ0n) is 16.5. The Kier molecular flexibility index (Phi) is 5.43. The molecule has 0 aliphatic heterocycles. The molecule has 0 fully saturated rings. The van der Waals surface area contributed by atoms with Gasteiger partial charge in [-0.25, -0.2) is 0 Å². The van der Waals surface area contributed by atoms with Crippen molar-refractivity contribution in [2.45, 2.75) is 32.2 Å². The molecule has 2 aromatic carbocycles. The molecule has 2 aromatic rings. The Bertz CT molecular complexity index is 987. The van der Waals surface area contributed by atoms with Gasteiger partial charge in [0.2, 0.25) is 0 Å². The second-order valence-electron chi connectivity index (χ2n) is 7.51. The van der Waals surface area contributed by atoms with E-state index in [1.165, 1.54) is 33.6 Å². The highest BCUT2D eigenvalue weighted by atomic mass is 15.2. The number of hydrogen-bond acceptors (Lipinski definition) is 1. The number of hydrogen-bond donors (Lipinski definition) is 0. The van der Waals surface area contributed by atoms with Gasteiger partial charge in [0.25, 0.3) is 0 Å². The minimum absolute atomic E-state index is 0.350. The van der Waals surface area contributed by atoms with Crippen LogP contribution in [0.15, 0.2) is 109 Å². The number of anilines is 1. The van der Waals surface area contributed by atoms with E-state index in [4.69, 9.17) is 0 Å². The first-order valence-corrected chi connectivity index (χ1v) is 10.1. The number of nitrogens with zero attached hydrogens (tertiary/aromatic N) is 1. The molecular formula is C27H27N. The van der Waals surface area contributed by atoms with Crippen molar-refractivity contribution in [2.75, 3.05) is 4.90 Å². The lowest BCUT2D eigenvalue weighted by Gasteiger charge is -2.36. The van der Waals surface area contributed by atoms with Crippen molar-refractivity contribution < 1.29 is 0 Å². The fraction of sp³-hybridized carbons (Fsp3) is 0.185. The summed E-state index contributed by atoms with van der Waals surface area (Å²) in [6, 6.07) is 18.0. The molecular weight excluding hydrogens is 338 g/mol. The van der Waals surface area contributed by atoms with Gasteiger partial charge in [0.1, 0.15) is 0 Å². The predicted molar refractivity (Wildman–Crippen MR) is 121 cm³/mol. The summed E-state index contributed by atoms with van der Waals surface area (Å²) in [7, 11) is 0. The first kappa shape index (κ1) is 18.3. The maximum absolute atomic E-state index is 3.92. The van der Waals surface area contributed by atoms with Crippen LogP contribution in [0.1, 0.15) is 24.8 Å². The third kappa shape index (κ3) is 3.94. The topological polar surface area (TPSA) is 3.24 Å². The Labute approximate surface area is 168 Å². The molecule has 1 nitrogen and oxygen atoms in total. The molecule has 1 unspecified atom stereocenters. The van der Waals surface area contributed by atoms with Crippen molar-refractivity contribution in [1.82, 2.24) is 0 Å². The molecule has 0 saturated carbocycles. The fourth-order valence-corrected chi connectivity index (χ4v) is 4.00. The molecule has 0 saturated heterocycles. The number of aryl methyl sites for hydroxylation is 1. The van der Waals surface area contributed by atoms with E-state index in [2.05, 4.69) is 103 Å². The highest BCUT2D eigenvalue weighted by Crippen LogP contribution is 2.34. The van der Waals surface area contributed by atoms with Gasteiger partial charge >= 0.3 is 0 Å². The average molecular weight is 366 g/mol. The lowest BCUT2D eigenvalue weighted by atomic mass is 9.97. The van der Waals surface area contributed by atoms with E-state index in [1.54, 1.807) is 0 Å². The Morgan fingerprint density at radius 2 is 1.79 bits per heavy atom. The molecule has 0 aromatic heterocycles. The van der Waals surface area contributed by atoms with Crippen molar-refractivity contribution >= 4 is 5.69 Å². The van der Waals surface area contributed by atoms with Gasteiger partial charge < -0.3 is 4.90 Å². The van der Waals surface area contributed by atoms with Crippen LogP contribution in [0.2, 0.25) is 0 Å². The molecule has 0 heterocycles. The number of benzene rings is 2. The Morgan fingerprint density at radius 3 is 2.46 bits per heavy atom. The molecule has 4 rings (SSSR count). The molecule has 0 N–H and O–H groups in total. The monoisotopic (exact) mass is 365 g/mol. The third-order valence-electron chi connectivity index (χ3n) is 5.50. The summed E-state index contributed by atoms with van der Waals surface area (Å²) < 4.78 is 0. The maximum Gasteiger partial charge on any atom is 0.0556 e. The zero-order valence-corrected chi connectivity index (χ0v) is 16.5. The van der Waals surface area contributed by atoms with Crippen molar-refractivity contribution in [1.29, 1.82) is 0 Å². The normalized spacial score (nSPS) is 18.4. The van der Waals surface area contributed by atoms with Gasteiger partial charge in [0.15, 0.2) is 0 Å². The van der Waals surface area contributed by atoms with Crippen molar-refractivity contribution in [2.24, 2.45) is 0 Å². The van der Waals surface area contributed by atoms with E-state index in [0.29, 0.717) is 6.04 Å². The molecule has 2 aliphatic carbocycles. The van der Waals surface area contributed by atoms with Crippen molar-refractivity contribution in [3.05, 3.63) is 114 Å². The van der Waals surface area contributed by atoms with Gasteiger partial charge in [-0.1, -0.05) is 85.0 Å². The lowest BCUT2D eigenvalue weighted by molar-refractivity contribution is 0.717. The summed E-state index contributed by atoms with van der Waals surface area (Å²) in [5.74, 6) is 0. The van der Waals surface area contributed by atoms with Crippen LogP contribution in [-0.4, -0.2) is 6.04 Å². The summed E-state index contributed by atoms with van der Waals surface area (Å²) in [5, 5.41) is 0. The minimum atomic E-state index is 0.350. The minimum Gasteiger partial charge on any atom is -0.338 e. The summed E-state index contributed by atoms with van der Waals surface area (Å²) in [6.07, 6.45) is 18.5. The van der Waals surface area contributed by atoms with Crippen LogP contribution in [0.4, 0.5) is 5.69 Å². The van der Waals surface area contributed by atoms with Crippen LogP contribution in [0.25, 0.3) is 11.1 Å². The zero-order chi connectivity index (χ0) is 19.3. The SMILES string of the molecule is C=CC1=CC=C(N(c2cccc(-c3cccc(C)c3)c2)C2C=CC=CC2)CC1. The second-order valence-corrected chi connectivity index (χ2v) is 7.51. The van der Waals surface area contributed by atoms with Crippen LogP contribution in [-0.2, 0) is 0 Å². The number of rotatable bonds is 5. The van der Waals surface area contributed by atoms with Crippen LogP contribution >= 0.6 is 0 Å². The first-order valence-electron chi connectivity index (χ1n) is 10.1. The van der Waals surface area contributed by atoms with Gasteiger partial charge in [-0.15, -0.1) is 0 Å². The third-order valence-corrected chi connectivity index (χ3v) is 5.50. The highest BCUT2D eigenvalue weighted by Gasteiger charge is 2.22. The molecule has 0 spiro atoms. The van der Waals surface area contributed by atoms with E-state index in [0.717, 1.165) is 19.3 Å². The molecule has 28 heavy (non-hydrogen) atoms. The van der Waals surface area contributed by atoms with Gasteiger partial charge in [-0.2, -0.15) is 0 Å². The standard InChI is InChI=1S/C27H27N/c1-3-22-15-17-26(18-16-22)28(25-12-5-4-6-13-25)27-14-8-11-24(20-27)23-10-7-9-21(2)19-23/h3-12,14-15,17,19-20,25H,1,13,16,18H2,2H3. The van der Waals surface area contributed by atoms with E-state index in [-0.39, 0.29) is 0 Å². The van der Waals surface area contributed by atoms with Crippen molar-refractivity contribution in [3.8, 4) is 11.1 Å².